The molecule has 3 aromatic rings. The van der Waals surface area contributed by atoms with Gasteiger partial charge in [0.25, 0.3) is 5.56 Å². The molecule has 5 heteroatoms. The molecule has 2 aromatic heterocycles. The summed E-state index contributed by atoms with van der Waals surface area (Å²) in [7, 11) is 0. The molecule has 102 valence electrons. The first-order valence-electron chi connectivity index (χ1n) is 6.38. The molecule has 0 aliphatic rings. The highest BCUT2D eigenvalue weighted by Gasteiger charge is 2.14. The summed E-state index contributed by atoms with van der Waals surface area (Å²) in [6.45, 7) is 3.67. The zero-order valence-corrected chi connectivity index (χ0v) is 11.9. The van der Waals surface area contributed by atoms with E-state index < -0.39 is 0 Å². The van der Waals surface area contributed by atoms with Crippen molar-refractivity contribution < 1.29 is 4.42 Å². The summed E-state index contributed by atoms with van der Waals surface area (Å²) < 4.78 is 5.77. The summed E-state index contributed by atoms with van der Waals surface area (Å²) in [5.74, 6) is 1.20. The van der Waals surface area contributed by atoms with Crippen LogP contribution in [-0.4, -0.2) is 9.97 Å². The summed E-state index contributed by atoms with van der Waals surface area (Å²) in [5, 5.41) is 1.44. The molecule has 2 heterocycles. The number of nitrogens with zero attached hydrogens (tertiary/aromatic N) is 1. The van der Waals surface area contributed by atoms with E-state index in [1.165, 1.54) is 0 Å². The number of aryl methyl sites for hydroxylation is 1. The van der Waals surface area contributed by atoms with Crippen molar-refractivity contribution in [2.24, 2.45) is 0 Å². The third kappa shape index (κ3) is 2.02. The van der Waals surface area contributed by atoms with Crippen LogP contribution in [0, 0.1) is 6.92 Å². The second-order valence-corrected chi connectivity index (χ2v) is 5.02. The van der Waals surface area contributed by atoms with E-state index in [2.05, 4.69) is 9.97 Å². The fourth-order valence-corrected chi connectivity index (χ4v) is 2.35. The summed E-state index contributed by atoms with van der Waals surface area (Å²) in [4.78, 5) is 19.1. The van der Waals surface area contributed by atoms with Gasteiger partial charge in [0.05, 0.1) is 5.02 Å². The average molecular weight is 289 g/mol. The number of aromatic nitrogens is 2. The number of H-pyrrole nitrogens is 1. The van der Waals surface area contributed by atoms with Gasteiger partial charge in [0.15, 0.2) is 11.3 Å². The van der Waals surface area contributed by atoms with Gasteiger partial charge in [-0.25, -0.2) is 4.98 Å². The van der Waals surface area contributed by atoms with E-state index in [9.17, 15) is 4.79 Å². The number of aromatic amines is 1. The highest BCUT2D eigenvalue weighted by atomic mass is 35.5. The summed E-state index contributed by atoms with van der Waals surface area (Å²) in [5.41, 5.74) is 1.58. The number of hydrogen-bond acceptors (Lipinski definition) is 3. The molecule has 0 spiro atoms. The van der Waals surface area contributed by atoms with Crippen LogP contribution in [0.5, 0.6) is 0 Å². The minimum absolute atomic E-state index is 0.140. The smallest absolute Gasteiger partial charge is 0.254 e. The predicted molar refractivity (Wildman–Crippen MR) is 79.2 cm³/mol. The Hall–Kier alpha value is -2.07. The Labute approximate surface area is 120 Å². The molecule has 0 bridgehead atoms. The maximum atomic E-state index is 11.9. The van der Waals surface area contributed by atoms with Gasteiger partial charge in [0.2, 0.25) is 0 Å². The van der Waals surface area contributed by atoms with E-state index in [1.54, 1.807) is 13.0 Å². The Morgan fingerprint density at radius 1 is 1.40 bits per heavy atom. The molecular weight excluding hydrogens is 276 g/mol. The molecule has 0 fully saturated rings. The SMILES string of the molecule is CCc1nc(-c2cc3cccc(Cl)c3o2)c(C)c(=O)[nH]1. The minimum Gasteiger partial charge on any atom is -0.453 e. The van der Waals surface area contributed by atoms with Crippen LogP contribution in [0.15, 0.2) is 33.5 Å². The highest BCUT2D eigenvalue weighted by molar-refractivity contribution is 6.34. The van der Waals surface area contributed by atoms with Crippen molar-refractivity contribution in [1.29, 1.82) is 0 Å². The monoisotopic (exact) mass is 288 g/mol. The zero-order valence-electron chi connectivity index (χ0n) is 11.2. The van der Waals surface area contributed by atoms with E-state index in [-0.39, 0.29) is 5.56 Å². The molecule has 0 radical (unpaired) electrons. The average Bonchev–Trinajstić information content (AvgIpc) is 2.87. The van der Waals surface area contributed by atoms with Crippen LogP contribution in [-0.2, 0) is 6.42 Å². The lowest BCUT2D eigenvalue weighted by atomic mass is 10.2. The van der Waals surface area contributed by atoms with Gasteiger partial charge in [-0.15, -0.1) is 0 Å². The van der Waals surface area contributed by atoms with E-state index in [0.717, 1.165) is 5.39 Å². The molecule has 0 saturated heterocycles. The van der Waals surface area contributed by atoms with E-state index in [0.29, 0.717) is 39.9 Å². The molecule has 0 unspecified atom stereocenters. The number of para-hydroxylation sites is 1. The molecule has 1 aromatic carbocycles. The number of hydrogen-bond donors (Lipinski definition) is 1. The lowest BCUT2D eigenvalue weighted by molar-refractivity contribution is 0.626. The number of nitrogens with one attached hydrogen (secondary N) is 1. The maximum absolute atomic E-state index is 11.9. The fourth-order valence-electron chi connectivity index (χ4n) is 2.13. The molecule has 20 heavy (non-hydrogen) atoms. The zero-order chi connectivity index (χ0) is 14.3. The second-order valence-electron chi connectivity index (χ2n) is 4.61. The van der Waals surface area contributed by atoms with Gasteiger partial charge in [-0.3, -0.25) is 4.79 Å². The molecule has 0 saturated carbocycles. The van der Waals surface area contributed by atoms with Crippen molar-refractivity contribution in [1.82, 2.24) is 9.97 Å². The quantitative estimate of drug-likeness (QED) is 0.782. The van der Waals surface area contributed by atoms with Crippen LogP contribution in [0.25, 0.3) is 22.4 Å². The van der Waals surface area contributed by atoms with Crippen molar-refractivity contribution in [3.8, 4) is 11.5 Å². The molecule has 0 aliphatic heterocycles. The largest absolute Gasteiger partial charge is 0.453 e. The van der Waals surface area contributed by atoms with E-state index in [4.69, 9.17) is 16.0 Å². The Morgan fingerprint density at radius 2 is 2.20 bits per heavy atom. The van der Waals surface area contributed by atoms with Crippen LogP contribution in [0.2, 0.25) is 5.02 Å². The number of benzene rings is 1. The number of furan rings is 1. The van der Waals surface area contributed by atoms with Crippen LogP contribution >= 0.6 is 11.6 Å². The van der Waals surface area contributed by atoms with Gasteiger partial charge in [-0.2, -0.15) is 0 Å². The molecule has 0 atom stereocenters. The Bertz CT molecular complexity index is 849. The van der Waals surface area contributed by atoms with Gasteiger partial charge in [-0.1, -0.05) is 30.7 Å². The lowest BCUT2D eigenvalue weighted by Gasteiger charge is -2.03. The van der Waals surface area contributed by atoms with Gasteiger partial charge in [0, 0.05) is 17.4 Å². The van der Waals surface area contributed by atoms with Crippen molar-refractivity contribution in [3.05, 3.63) is 51.0 Å². The first-order valence-corrected chi connectivity index (χ1v) is 6.76. The van der Waals surface area contributed by atoms with Crippen LogP contribution in [0.1, 0.15) is 18.3 Å². The van der Waals surface area contributed by atoms with Gasteiger partial charge in [-0.05, 0) is 19.1 Å². The van der Waals surface area contributed by atoms with Crippen molar-refractivity contribution in [2.45, 2.75) is 20.3 Å². The predicted octanol–water partition coefficient (Wildman–Crippen LogP) is 3.71. The van der Waals surface area contributed by atoms with Gasteiger partial charge in [0.1, 0.15) is 11.5 Å². The van der Waals surface area contributed by atoms with Gasteiger partial charge >= 0.3 is 0 Å². The van der Waals surface area contributed by atoms with Gasteiger partial charge < -0.3 is 9.40 Å². The van der Waals surface area contributed by atoms with Crippen LogP contribution < -0.4 is 5.56 Å². The van der Waals surface area contributed by atoms with Crippen LogP contribution in [0.4, 0.5) is 0 Å². The second kappa shape index (κ2) is 4.80. The van der Waals surface area contributed by atoms with E-state index >= 15 is 0 Å². The number of fused-ring (bicyclic) bond motifs is 1. The van der Waals surface area contributed by atoms with Crippen molar-refractivity contribution in [3.63, 3.8) is 0 Å². The summed E-state index contributed by atoms with van der Waals surface area (Å²) in [6.07, 6.45) is 0.656. The first-order chi connectivity index (χ1) is 9.60. The normalized spacial score (nSPS) is 11.2. The third-order valence-corrected chi connectivity index (χ3v) is 3.56. The minimum atomic E-state index is -0.140. The first kappa shape index (κ1) is 12.9. The molecule has 4 nitrogen and oxygen atoms in total. The molecule has 0 aliphatic carbocycles. The third-order valence-electron chi connectivity index (χ3n) is 3.26. The Kier molecular flexibility index (Phi) is 3.10. The number of halogens is 1. The number of rotatable bonds is 2. The standard InChI is InChI=1S/C15H13ClN2O2/c1-3-12-17-13(8(2)15(19)18-12)11-7-9-5-4-6-10(16)14(9)20-11/h4-7H,3H2,1-2H3,(H,17,18,19). The Morgan fingerprint density at radius 3 is 2.90 bits per heavy atom. The summed E-state index contributed by atoms with van der Waals surface area (Å²) >= 11 is 6.11. The van der Waals surface area contributed by atoms with Crippen LogP contribution in [0.3, 0.4) is 0 Å². The molecule has 0 amide bonds. The maximum Gasteiger partial charge on any atom is 0.254 e. The lowest BCUT2D eigenvalue weighted by Crippen LogP contribution is -2.15. The van der Waals surface area contributed by atoms with Crippen molar-refractivity contribution >= 4 is 22.6 Å². The summed E-state index contributed by atoms with van der Waals surface area (Å²) in [6, 6.07) is 7.40. The topological polar surface area (TPSA) is 58.9 Å². The van der Waals surface area contributed by atoms with Crippen molar-refractivity contribution in [2.75, 3.05) is 0 Å². The molecule has 1 N–H and O–H groups in total. The van der Waals surface area contributed by atoms with E-state index in [1.807, 2.05) is 25.1 Å². The fraction of sp³-hybridized carbons (Fsp3) is 0.200. The molecular formula is C15H13ClN2O2. The highest BCUT2D eigenvalue weighted by Crippen LogP contribution is 2.31. The molecule has 3 rings (SSSR count). The Balaban J connectivity index is 2.28.